The van der Waals surface area contributed by atoms with Gasteiger partial charge in [0, 0.05) is 6.04 Å². The normalized spacial score (nSPS) is 13.6. The van der Waals surface area contributed by atoms with E-state index in [0.29, 0.717) is 6.04 Å². The van der Waals surface area contributed by atoms with E-state index >= 15 is 0 Å². The Bertz CT molecular complexity index is 333. The molecule has 1 rings (SSSR count). The van der Waals surface area contributed by atoms with Crippen LogP contribution in [0.4, 0.5) is 0 Å². The summed E-state index contributed by atoms with van der Waals surface area (Å²) in [6.07, 6.45) is 1.11. The maximum absolute atomic E-state index is 5.27. The lowest BCUT2D eigenvalue weighted by atomic mass is 9.79. The zero-order valence-electron chi connectivity index (χ0n) is 11.0. The Kier molecular flexibility index (Phi) is 4.36. The molecule has 0 heterocycles. The number of rotatable bonds is 5. The monoisotopic (exact) mass is 221 g/mol. The lowest BCUT2D eigenvalue weighted by Crippen LogP contribution is -2.30. The molecule has 0 saturated carbocycles. The van der Waals surface area contributed by atoms with Crippen molar-refractivity contribution >= 4 is 0 Å². The molecule has 0 saturated heterocycles. The topological polar surface area (TPSA) is 21.3 Å². The van der Waals surface area contributed by atoms with Gasteiger partial charge in [-0.15, -0.1) is 0 Å². The fourth-order valence-electron chi connectivity index (χ4n) is 2.03. The second kappa shape index (κ2) is 5.35. The summed E-state index contributed by atoms with van der Waals surface area (Å²) in [6.45, 7) is 6.76. The van der Waals surface area contributed by atoms with Crippen molar-refractivity contribution in [3.63, 3.8) is 0 Å². The standard InChI is InChI=1S/C14H23NO/c1-11(15-4)10-14(2,3)12-7-6-8-13(9-12)16-5/h6-9,11,15H,10H2,1-5H3. The highest BCUT2D eigenvalue weighted by Crippen LogP contribution is 2.30. The molecule has 0 fully saturated rings. The van der Waals surface area contributed by atoms with Crippen LogP contribution in [-0.4, -0.2) is 20.2 Å². The third-order valence-electron chi connectivity index (χ3n) is 3.16. The first-order valence-corrected chi connectivity index (χ1v) is 5.81. The fraction of sp³-hybridized carbons (Fsp3) is 0.571. The molecule has 0 aliphatic carbocycles. The lowest BCUT2D eigenvalue weighted by molar-refractivity contribution is 0.394. The average molecular weight is 221 g/mol. The Hall–Kier alpha value is -1.02. The smallest absolute Gasteiger partial charge is 0.119 e. The number of hydrogen-bond acceptors (Lipinski definition) is 2. The zero-order chi connectivity index (χ0) is 12.2. The Morgan fingerprint density at radius 3 is 2.62 bits per heavy atom. The summed E-state index contributed by atoms with van der Waals surface area (Å²) in [6, 6.07) is 8.86. The Balaban J connectivity index is 2.88. The van der Waals surface area contributed by atoms with Gasteiger partial charge in [-0.2, -0.15) is 0 Å². The van der Waals surface area contributed by atoms with Gasteiger partial charge in [0.2, 0.25) is 0 Å². The number of benzene rings is 1. The molecular weight excluding hydrogens is 198 g/mol. The third-order valence-corrected chi connectivity index (χ3v) is 3.16. The summed E-state index contributed by atoms with van der Waals surface area (Å²) >= 11 is 0. The summed E-state index contributed by atoms with van der Waals surface area (Å²) in [7, 11) is 3.72. The summed E-state index contributed by atoms with van der Waals surface area (Å²) < 4.78 is 5.27. The fourth-order valence-corrected chi connectivity index (χ4v) is 2.03. The van der Waals surface area contributed by atoms with Crippen LogP contribution in [0.1, 0.15) is 32.8 Å². The second-order valence-electron chi connectivity index (χ2n) is 5.01. The van der Waals surface area contributed by atoms with E-state index in [-0.39, 0.29) is 5.41 Å². The minimum atomic E-state index is 0.164. The molecule has 0 aliphatic rings. The van der Waals surface area contributed by atoms with E-state index in [1.54, 1.807) is 7.11 Å². The predicted octanol–water partition coefficient (Wildman–Crippen LogP) is 2.97. The van der Waals surface area contributed by atoms with Crippen molar-refractivity contribution in [3.8, 4) is 5.75 Å². The number of methoxy groups -OCH3 is 1. The van der Waals surface area contributed by atoms with Crippen LogP contribution in [0.15, 0.2) is 24.3 Å². The van der Waals surface area contributed by atoms with Crippen LogP contribution in [0.3, 0.4) is 0 Å². The Morgan fingerprint density at radius 2 is 2.06 bits per heavy atom. The van der Waals surface area contributed by atoms with E-state index in [0.717, 1.165) is 12.2 Å². The molecule has 0 aliphatic heterocycles. The molecule has 1 aromatic carbocycles. The van der Waals surface area contributed by atoms with Gasteiger partial charge in [0.1, 0.15) is 5.75 Å². The first-order valence-electron chi connectivity index (χ1n) is 5.81. The second-order valence-corrected chi connectivity index (χ2v) is 5.01. The van der Waals surface area contributed by atoms with Gasteiger partial charge in [0.15, 0.2) is 0 Å². The maximum Gasteiger partial charge on any atom is 0.119 e. The lowest BCUT2D eigenvalue weighted by Gasteiger charge is -2.28. The van der Waals surface area contributed by atoms with E-state index in [1.165, 1.54) is 5.56 Å². The van der Waals surface area contributed by atoms with E-state index < -0.39 is 0 Å². The summed E-state index contributed by atoms with van der Waals surface area (Å²) in [4.78, 5) is 0. The van der Waals surface area contributed by atoms with Crippen LogP contribution in [0, 0.1) is 0 Å². The van der Waals surface area contributed by atoms with Crippen molar-refractivity contribution < 1.29 is 4.74 Å². The SMILES string of the molecule is CNC(C)CC(C)(C)c1cccc(OC)c1. The zero-order valence-corrected chi connectivity index (χ0v) is 11.0. The van der Waals surface area contributed by atoms with E-state index in [1.807, 2.05) is 13.1 Å². The summed E-state index contributed by atoms with van der Waals surface area (Å²) in [5, 5.41) is 3.29. The van der Waals surface area contributed by atoms with E-state index in [2.05, 4.69) is 44.3 Å². The molecular formula is C14H23NO. The minimum Gasteiger partial charge on any atom is -0.497 e. The summed E-state index contributed by atoms with van der Waals surface area (Å²) in [5.74, 6) is 0.933. The Labute approximate surface area is 99.0 Å². The van der Waals surface area contributed by atoms with Crippen molar-refractivity contribution in [2.24, 2.45) is 0 Å². The molecule has 90 valence electrons. The van der Waals surface area contributed by atoms with Gasteiger partial charge >= 0.3 is 0 Å². The first kappa shape index (κ1) is 13.0. The van der Waals surface area contributed by atoms with Crippen LogP contribution < -0.4 is 10.1 Å². The number of hydrogen-bond donors (Lipinski definition) is 1. The van der Waals surface area contributed by atoms with Gasteiger partial charge in [-0.3, -0.25) is 0 Å². The first-order chi connectivity index (χ1) is 7.49. The maximum atomic E-state index is 5.27. The molecule has 2 nitrogen and oxygen atoms in total. The predicted molar refractivity (Wildman–Crippen MR) is 69.2 cm³/mol. The quantitative estimate of drug-likeness (QED) is 0.825. The molecule has 0 radical (unpaired) electrons. The van der Waals surface area contributed by atoms with Gasteiger partial charge in [-0.1, -0.05) is 26.0 Å². The van der Waals surface area contributed by atoms with Crippen molar-refractivity contribution in [2.45, 2.75) is 38.6 Å². The average Bonchev–Trinajstić information content (AvgIpc) is 2.28. The molecule has 16 heavy (non-hydrogen) atoms. The number of ether oxygens (including phenoxy) is 1. The molecule has 0 bridgehead atoms. The van der Waals surface area contributed by atoms with Crippen molar-refractivity contribution in [1.82, 2.24) is 5.32 Å². The van der Waals surface area contributed by atoms with Crippen LogP contribution in [-0.2, 0) is 5.41 Å². The Morgan fingerprint density at radius 1 is 1.38 bits per heavy atom. The van der Waals surface area contributed by atoms with Crippen molar-refractivity contribution in [1.29, 1.82) is 0 Å². The number of nitrogens with one attached hydrogen (secondary N) is 1. The molecule has 1 unspecified atom stereocenters. The molecule has 0 spiro atoms. The van der Waals surface area contributed by atoms with Gasteiger partial charge in [0.25, 0.3) is 0 Å². The molecule has 0 amide bonds. The highest BCUT2D eigenvalue weighted by atomic mass is 16.5. The largest absolute Gasteiger partial charge is 0.497 e. The third kappa shape index (κ3) is 3.24. The van der Waals surface area contributed by atoms with Gasteiger partial charge in [-0.25, -0.2) is 0 Å². The summed E-state index contributed by atoms with van der Waals surface area (Å²) in [5.41, 5.74) is 1.49. The van der Waals surface area contributed by atoms with Crippen molar-refractivity contribution in [2.75, 3.05) is 14.2 Å². The molecule has 0 aromatic heterocycles. The highest BCUT2D eigenvalue weighted by molar-refractivity contribution is 5.33. The molecule has 1 atom stereocenters. The van der Waals surface area contributed by atoms with Crippen LogP contribution in [0.5, 0.6) is 5.75 Å². The van der Waals surface area contributed by atoms with Crippen LogP contribution in [0.2, 0.25) is 0 Å². The molecule has 2 heteroatoms. The van der Waals surface area contributed by atoms with Gasteiger partial charge in [-0.05, 0) is 43.5 Å². The van der Waals surface area contributed by atoms with Gasteiger partial charge < -0.3 is 10.1 Å². The molecule has 1 N–H and O–H groups in total. The minimum absolute atomic E-state index is 0.164. The van der Waals surface area contributed by atoms with Crippen LogP contribution >= 0.6 is 0 Å². The molecule has 1 aromatic rings. The highest BCUT2D eigenvalue weighted by Gasteiger charge is 2.23. The van der Waals surface area contributed by atoms with Crippen molar-refractivity contribution in [3.05, 3.63) is 29.8 Å². The van der Waals surface area contributed by atoms with Gasteiger partial charge in [0.05, 0.1) is 7.11 Å². The van der Waals surface area contributed by atoms with Crippen LogP contribution in [0.25, 0.3) is 0 Å². The van der Waals surface area contributed by atoms with E-state index in [4.69, 9.17) is 4.74 Å². The van der Waals surface area contributed by atoms with E-state index in [9.17, 15) is 0 Å².